The number of aliphatic hydroxyl groups excluding tert-OH is 1. The fourth-order valence-electron chi connectivity index (χ4n) is 4.49. The third kappa shape index (κ3) is 6.86. The molecule has 4 rings (SSSR count). The van der Waals surface area contributed by atoms with Crippen molar-refractivity contribution in [1.29, 1.82) is 0 Å². The number of benzene rings is 1. The Kier molecular flexibility index (Phi) is 9.30. The van der Waals surface area contributed by atoms with Gasteiger partial charge in [0, 0.05) is 30.8 Å². The number of β-amino-alcohol motifs (C(OH)–C–C–N with tert-alkyl or cyclic N) is 1. The molecule has 3 atom stereocenters. The van der Waals surface area contributed by atoms with E-state index in [4.69, 9.17) is 0 Å². The summed E-state index contributed by atoms with van der Waals surface area (Å²) in [5, 5.41) is 18.0. The minimum atomic E-state index is -0.891. The quantitative estimate of drug-likeness (QED) is 0.350. The Bertz CT molecular complexity index is 1240. The van der Waals surface area contributed by atoms with Crippen molar-refractivity contribution in [2.24, 2.45) is 5.92 Å². The van der Waals surface area contributed by atoms with Gasteiger partial charge in [-0.1, -0.05) is 44.2 Å². The highest BCUT2D eigenvalue weighted by atomic mass is 32.1. The molecule has 1 unspecified atom stereocenters. The summed E-state index contributed by atoms with van der Waals surface area (Å²) >= 11 is 2.96. The van der Waals surface area contributed by atoms with Crippen LogP contribution in [0.25, 0.3) is 10.4 Å². The van der Waals surface area contributed by atoms with Gasteiger partial charge in [0.2, 0.25) is 11.8 Å². The van der Waals surface area contributed by atoms with Crippen LogP contribution >= 0.6 is 22.7 Å². The van der Waals surface area contributed by atoms with Crippen LogP contribution in [0, 0.1) is 12.8 Å². The molecule has 3 heterocycles. The summed E-state index contributed by atoms with van der Waals surface area (Å²) in [4.78, 5) is 47.0. The number of thiophene rings is 1. The zero-order chi connectivity index (χ0) is 27.2. The Hall–Kier alpha value is -3.08. The standard InChI is InChI=1S/C28H34N4O4S2/c1-17(2)6-11-24(34)31-25(23-5-4-12-37-23)28(36)32-15-21(33)13-22(32)27(35)29-14-19-7-9-20(10-8-19)26-18(3)30-16-38-26/h4-5,7-10,12,16-17,21-22,25,33H,6,11,13-15H2,1-3H3,(H,29,35)(H,31,34)/t21-,22+,25?/m1/s1. The molecule has 1 aliphatic heterocycles. The highest BCUT2D eigenvalue weighted by molar-refractivity contribution is 7.13. The molecule has 3 N–H and O–H groups in total. The number of amides is 3. The number of nitrogens with zero attached hydrogens (tertiary/aromatic N) is 2. The number of carbonyl (C=O) groups excluding carboxylic acids is 3. The van der Waals surface area contributed by atoms with E-state index in [1.807, 2.05) is 62.0 Å². The number of nitrogens with one attached hydrogen (secondary N) is 2. The molecular formula is C28H34N4O4S2. The summed E-state index contributed by atoms with van der Waals surface area (Å²) in [5.41, 5.74) is 4.81. The number of hydrogen-bond acceptors (Lipinski definition) is 7. The minimum absolute atomic E-state index is 0.0452. The number of aliphatic hydroxyl groups is 1. The van der Waals surface area contributed by atoms with E-state index < -0.39 is 18.2 Å². The first-order valence-corrected chi connectivity index (χ1v) is 14.6. The predicted octanol–water partition coefficient (Wildman–Crippen LogP) is 4.05. The molecular weight excluding hydrogens is 520 g/mol. The Morgan fingerprint density at radius 3 is 2.55 bits per heavy atom. The monoisotopic (exact) mass is 554 g/mol. The van der Waals surface area contributed by atoms with Crippen LogP contribution in [0.15, 0.2) is 47.3 Å². The lowest BCUT2D eigenvalue weighted by atomic mass is 10.1. The molecule has 1 saturated heterocycles. The average molecular weight is 555 g/mol. The van der Waals surface area contributed by atoms with E-state index >= 15 is 0 Å². The van der Waals surface area contributed by atoms with Gasteiger partial charge in [-0.3, -0.25) is 14.4 Å². The van der Waals surface area contributed by atoms with Crippen LogP contribution in [0.3, 0.4) is 0 Å². The van der Waals surface area contributed by atoms with E-state index in [9.17, 15) is 19.5 Å². The summed E-state index contributed by atoms with van der Waals surface area (Å²) < 4.78 is 0. The Morgan fingerprint density at radius 1 is 1.16 bits per heavy atom. The minimum Gasteiger partial charge on any atom is -0.391 e. The zero-order valence-electron chi connectivity index (χ0n) is 21.8. The molecule has 0 bridgehead atoms. The van der Waals surface area contributed by atoms with Gasteiger partial charge in [0.1, 0.15) is 12.1 Å². The predicted molar refractivity (Wildman–Crippen MR) is 150 cm³/mol. The second-order valence-electron chi connectivity index (χ2n) is 10.0. The number of aryl methyl sites for hydroxylation is 1. The number of likely N-dealkylation sites (tertiary alicyclic amines) is 1. The maximum atomic E-state index is 13.7. The largest absolute Gasteiger partial charge is 0.391 e. The second-order valence-corrected chi connectivity index (χ2v) is 11.9. The van der Waals surface area contributed by atoms with E-state index in [2.05, 4.69) is 15.6 Å². The molecule has 0 spiro atoms. The molecule has 0 radical (unpaired) electrons. The van der Waals surface area contributed by atoms with Crippen LogP contribution in [0.2, 0.25) is 0 Å². The first-order chi connectivity index (χ1) is 18.2. The fourth-order valence-corrected chi connectivity index (χ4v) is 6.07. The molecule has 38 heavy (non-hydrogen) atoms. The van der Waals surface area contributed by atoms with Crippen molar-refractivity contribution in [2.75, 3.05) is 6.54 Å². The van der Waals surface area contributed by atoms with Gasteiger partial charge in [0.05, 0.1) is 22.2 Å². The number of thiazole rings is 1. The topological polar surface area (TPSA) is 112 Å². The summed E-state index contributed by atoms with van der Waals surface area (Å²) in [7, 11) is 0. The first-order valence-electron chi connectivity index (χ1n) is 12.8. The number of rotatable bonds is 10. The molecule has 3 aromatic rings. The van der Waals surface area contributed by atoms with Gasteiger partial charge in [-0.25, -0.2) is 4.98 Å². The van der Waals surface area contributed by atoms with Gasteiger partial charge in [0.15, 0.2) is 0 Å². The van der Waals surface area contributed by atoms with Crippen molar-refractivity contribution in [3.8, 4) is 10.4 Å². The second kappa shape index (κ2) is 12.6. The third-order valence-electron chi connectivity index (χ3n) is 6.62. The van der Waals surface area contributed by atoms with Crippen LogP contribution in [0.1, 0.15) is 55.3 Å². The zero-order valence-corrected chi connectivity index (χ0v) is 23.5. The molecule has 1 aliphatic rings. The van der Waals surface area contributed by atoms with Gasteiger partial charge >= 0.3 is 0 Å². The van der Waals surface area contributed by atoms with Crippen molar-refractivity contribution in [3.63, 3.8) is 0 Å². The van der Waals surface area contributed by atoms with E-state index in [1.54, 1.807) is 17.4 Å². The summed E-state index contributed by atoms with van der Waals surface area (Å²) in [6.07, 6.45) is 0.382. The molecule has 202 valence electrons. The maximum Gasteiger partial charge on any atom is 0.251 e. The average Bonchev–Trinajstić information content (AvgIpc) is 3.66. The van der Waals surface area contributed by atoms with E-state index in [1.165, 1.54) is 16.2 Å². The number of hydrogen-bond donors (Lipinski definition) is 3. The van der Waals surface area contributed by atoms with Crippen LogP contribution in [-0.4, -0.2) is 51.4 Å². The van der Waals surface area contributed by atoms with E-state index in [0.29, 0.717) is 23.8 Å². The van der Waals surface area contributed by atoms with Crippen LogP contribution in [0.4, 0.5) is 0 Å². The maximum absolute atomic E-state index is 13.7. The molecule has 0 aliphatic carbocycles. The smallest absolute Gasteiger partial charge is 0.251 e. The van der Waals surface area contributed by atoms with Gasteiger partial charge in [-0.15, -0.1) is 22.7 Å². The van der Waals surface area contributed by atoms with Crippen molar-refractivity contribution in [2.45, 2.75) is 64.8 Å². The van der Waals surface area contributed by atoms with Crippen molar-refractivity contribution in [1.82, 2.24) is 20.5 Å². The van der Waals surface area contributed by atoms with Crippen molar-refractivity contribution in [3.05, 3.63) is 63.4 Å². The Balaban J connectivity index is 1.42. The highest BCUT2D eigenvalue weighted by Crippen LogP contribution is 2.28. The molecule has 2 aromatic heterocycles. The lowest BCUT2D eigenvalue weighted by Crippen LogP contribution is -2.50. The molecule has 3 amide bonds. The number of carbonyl (C=O) groups is 3. The Morgan fingerprint density at radius 2 is 1.92 bits per heavy atom. The normalized spacial score (nSPS) is 18.0. The molecule has 1 fully saturated rings. The summed E-state index contributed by atoms with van der Waals surface area (Å²) in [6.45, 7) is 6.41. The van der Waals surface area contributed by atoms with Crippen LogP contribution < -0.4 is 10.6 Å². The lowest BCUT2D eigenvalue weighted by Gasteiger charge is -2.28. The Labute approximate surface area is 231 Å². The number of aromatic nitrogens is 1. The van der Waals surface area contributed by atoms with Crippen LogP contribution in [0.5, 0.6) is 0 Å². The fraction of sp³-hybridized carbons (Fsp3) is 0.429. The van der Waals surface area contributed by atoms with Gasteiger partial charge in [0.25, 0.3) is 5.91 Å². The van der Waals surface area contributed by atoms with Crippen molar-refractivity contribution < 1.29 is 19.5 Å². The molecule has 1 aromatic carbocycles. The molecule has 8 nitrogen and oxygen atoms in total. The highest BCUT2D eigenvalue weighted by Gasteiger charge is 2.42. The first kappa shape index (κ1) is 27.9. The van der Waals surface area contributed by atoms with Crippen LogP contribution in [-0.2, 0) is 20.9 Å². The van der Waals surface area contributed by atoms with E-state index in [0.717, 1.165) is 28.1 Å². The summed E-state index contributed by atoms with van der Waals surface area (Å²) in [6, 6.07) is 9.85. The molecule has 10 heteroatoms. The van der Waals surface area contributed by atoms with Gasteiger partial charge < -0.3 is 20.6 Å². The molecule has 0 saturated carbocycles. The third-order valence-corrected chi connectivity index (χ3v) is 8.54. The van der Waals surface area contributed by atoms with Gasteiger partial charge in [-0.05, 0) is 41.8 Å². The van der Waals surface area contributed by atoms with Gasteiger partial charge in [-0.2, -0.15) is 0 Å². The van der Waals surface area contributed by atoms with Crippen molar-refractivity contribution >= 4 is 40.4 Å². The SMILES string of the molecule is Cc1ncsc1-c1ccc(CNC(=O)[C@@H]2C[C@@H](O)CN2C(=O)C(NC(=O)CCC(C)C)c2cccs2)cc1. The van der Waals surface area contributed by atoms with E-state index in [-0.39, 0.29) is 30.7 Å². The summed E-state index contributed by atoms with van der Waals surface area (Å²) in [5.74, 6) is -0.547. The lowest BCUT2D eigenvalue weighted by molar-refractivity contribution is -0.141.